The molecule has 0 aromatic heterocycles. The summed E-state index contributed by atoms with van der Waals surface area (Å²) in [4.78, 5) is 0. The second-order valence-corrected chi connectivity index (χ2v) is 6.89. The monoisotopic (exact) mass is 311 g/mol. The van der Waals surface area contributed by atoms with E-state index in [1.54, 1.807) is 6.07 Å². The molecule has 0 saturated heterocycles. The molecule has 0 unspecified atom stereocenters. The number of benzene rings is 3. The number of sulfonamides is 1. The molecule has 0 fully saturated rings. The number of anilines is 1. The van der Waals surface area contributed by atoms with E-state index in [0.717, 1.165) is 21.9 Å². The van der Waals surface area contributed by atoms with Gasteiger partial charge in [0.05, 0.1) is 5.69 Å². The van der Waals surface area contributed by atoms with E-state index in [-0.39, 0.29) is 5.94 Å². The van der Waals surface area contributed by atoms with E-state index in [2.05, 4.69) is 4.72 Å². The maximum atomic E-state index is 11.8. The molecule has 3 aromatic rings. The SMILES string of the molecule is O=S1(=O)COc2cccc(-c3ccc4ccccc4c3)c2N1. The molecule has 0 saturated carbocycles. The number of nitrogens with one attached hydrogen (secondary N) is 1. The van der Waals surface area contributed by atoms with Crippen LogP contribution in [-0.4, -0.2) is 14.4 Å². The van der Waals surface area contributed by atoms with Crippen molar-refractivity contribution in [1.29, 1.82) is 0 Å². The first-order valence-corrected chi connectivity index (χ1v) is 8.53. The van der Waals surface area contributed by atoms with E-state index < -0.39 is 10.0 Å². The van der Waals surface area contributed by atoms with E-state index >= 15 is 0 Å². The van der Waals surface area contributed by atoms with Crippen molar-refractivity contribution >= 4 is 26.5 Å². The summed E-state index contributed by atoms with van der Waals surface area (Å²) in [7, 11) is -3.44. The molecule has 0 aliphatic carbocycles. The van der Waals surface area contributed by atoms with E-state index in [1.165, 1.54) is 0 Å². The fourth-order valence-electron chi connectivity index (χ4n) is 2.68. The summed E-state index contributed by atoms with van der Waals surface area (Å²) >= 11 is 0. The van der Waals surface area contributed by atoms with Crippen LogP contribution in [0.2, 0.25) is 0 Å². The van der Waals surface area contributed by atoms with Crippen LogP contribution in [0.3, 0.4) is 0 Å². The van der Waals surface area contributed by atoms with Crippen molar-refractivity contribution in [3.8, 4) is 16.9 Å². The Balaban J connectivity index is 1.92. The smallest absolute Gasteiger partial charge is 0.268 e. The topological polar surface area (TPSA) is 55.4 Å². The molecule has 4 nitrogen and oxygen atoms in total. The molecular weight excluding hydrogens is 298 g/mol. The Kier molecular flexibility index (Phi) is 2.84. The second-order valence-electron chi connectivity index (χ2n) is 5.22. The molecule has 22 heavy (non-hydrogen) atoms. The van der Waals surface area contributed by atoms with Gasteiger partial charge in [-0.15, -0.1) is 0 Å². The molecule has 1 heterocycles. The highest BCUT2D eigenvalue weighted by atomic mass is 32.2. The van der Waals surface area contributed by atoms with E-state index in [1.807, 2.05) is 54.6 Å². The Labute approximate surface area is 128 Å². The molecule has 5 heteroatoms. The predicted octanol–water partition coefficient (Wildman–Crippen LogP) is 3.60. The summed E-state index contributed by atoms with van der Waals surface area (Å²) in [6, 6.07) is 19.6. The first kappa shape index (κ1) is 13.2. The summed E-state index contributed by atoms with van der Waals surface area (Å²) in [5.74, 6) is 0.210. The molecular formula is C17H13NO3S. The second kappa shape index (κ2) is 4.74. The van der Waals surface area contributed by atoms with Gasteiger partial charge in [0, 0.05) is 5.56 Å². The fourth-order valence-corrected chi connectivity index (χ4v) is 3.54. The van der Waals surface area contributed by atoms with Gasteiger partial charge >= 0.3 is 0 Å². The van der Waals surface area contributed by atoms with Crippen LogP contribution in [0, 0.1) is 0 Å². The first-order chi connectivity index (χ1) is 10.6. The molecule has 4 rings (SSSR count). The van der Waals surface area contributed by atoms with Crippen LogP contribution in [0.4, 0.5) is 5.69 Å². The highest BCUT2D eigenvalue weighted by Gasteiger charge is 2.24. The van der Waals surface area contributed by atoms with E-state index in [0.29, 0.717) is 11.4 Å². The maximum Gasteiger partial charge on any atom is 0.268 e. The summed E-state index contributed by atoms with van der Waals surface area (Å²) < 4.78 is 31.5. The van der Waals surface area contributed by atoms with Crippen molar-refractivity contribution in [2.45, 2.75) is 0 Å². The summed E-state index contributed by atoms with van der Waals surface area (Å²) in [5.41, 5.74) is 2.26. The minimum Gasteiger partial charge on any atom is -0.474 e. The summed E-state index contributed by atoms with van der Waals surface area (Å²) in [5, 5.41) is 2.25. The van der Waals surface area contributed by atoms with Crippen LogP contribution in [0.1, 0.15) is 0 Å². The molecule has 0 bridgehead atoms. The van der Waals surface area contributed by atoms with Crippen molar-refractivity contribution in [1.82, 2.24) is 0 Å². The quantitative estimate of drug-likeness (QED) is 0.747. The van der Waals surface area contributed by atoms with E-state index in [4.69, 9.17) is 4.74 Å². The maximum absolute atomic E-state index is 11.8. The van der Waals surface area contributed by atoms with Crippen molar-refractivity contribution in [2.75, 3.05) is 10.7 Å². The fraction of sp³-hybridized carbons (Fsp3) is 0.0588. The van der Waals surface area contributed by atoms with Gasteiger partial charge in [0.25, 0.3) is 10.0 Å². The van der Waals surface area contributed by atoms with Gasteiger partial charge in [0.2, 0.25) is 5.94 Å². The molecule has 0 atom stereocenters. The average molecular weight is 311 g/mol. The van der Waals surface area contributed by atoms with Crippen LogP contribution < -0.4 is 9.46 Å². The van der Waals surface area contributed by atoms with Crippen LogP contribution in [-0.2, 0) is 10.0 Å². The van der Waals surface area contributed by atoms with Crippen molar-refractivity contribution in [3.63, 3.8) is 0 Å². The standard InChI is InChI=1S/C17H13NO3S/c19-22(20)11-21-16-7-3-6-15(17(16)18-22)14-9-8-12-4-1-2-5-13(12)10-14/h1-10,18H,11H2. The Morgan fingerprint density at radius 2 is 1.73 bits per heavy atom. The third-order valence-corrected chi connectivity index (χ3v) is 4.66. The van der Waals surface area contributed by atoms with Crippen molar-refractivity contribution in [2.24, 2.45) is 0 Å². The van der Waals surface area contributed by atoms with Gasteiger partial charge in [-0.1, -0.05) is 48.5 Å². The van der Waals surface area contributed by atoms with Crippen molar-refractivity contribution in [3.05, 3.63) is 60.7 Å². The zero-order chi connectivity index (χ0) is 15.2. The van der Waals surface area contributed by atoms with E-state index in [9.17, 15) is 8.42 Å². The number of ether oxygens (including phenoxy) is 1. The lowest BCUT2D eigenvalue weighted by Gasteiger charge is -2.22. The van der Waals surface area contributed by atoms with Gasteiger partial charge in [-0.2, -0.15) is 0 Å². The zero-order valence-electron chi connectivity index (χ0n) is 11.6. The minimum absolute atomic E-state index is 0.346. The Morgan fingerprint density at radius 1 is 0.909 bits per heavy atom. The molecule has 1 aliphatic rings. The average Bonchev–Trinajstić information content (AvgIpc) is 2.53. The van der Waals surface area contributed by atoms with Gasteiger partial charge in [0.1, 0.15) is 5.75 Å². The van der Waals surface area contributed by atoms with Crippen molar-refractivity contribution < 1.29 is 13.2 Å². The molecule has 1 N–H and O–H groups in total. The zero-order valence-corrected chi connectivity index (χ0v) is 12.4. The number of rotatable bonds is 1. The molecule has 0 spiro atoms. The first-order valence-electron chi connectivity index (χ1n) is 6.88. The van der Waals surface area contributed by atoms with Gasteiger partial charge in [-0.3, -0.25) is 4.72 Å². The summed E-state index contributed by atoms with van der Waals surface area (Å²) in [6.07, 6.45) is 0. The number of para-hydroxylation sites is 1. The largest absolute Gasteiger partial charge is 0.474 e. The lowest BCUT2D eigenvalue weighted by molar-refractivity contribution is 0.374. The lowest BCUT2D eigenvalue weighted by atomic mass is 10.00. The number of fused-ring (bicyclic) bond motifs is 2. The van der Waals surface area contributed by atoms with Gasteiger partial charge in [-0.05, 0) is 28.5 Å². The predicted molar refractivity (Wildman–Crippen MR) is 87.4 cm³/mol. The number of hydrogen-bond acceptors (Lipinski definition) is 3. The normalized spacial score (nSPS) is 15.6. The third-order valence-electron chi connectivity index (χ3n) is 3.71. The van der Waals surface area contributed by atoms with Gasteiger partial charge in [-0.25, -0.2) is 8.42 Å². The van der Waals surface area contributed by atoms with Crippen LogP contribution >= 0.6 is 0 Å². The van der Waals surface area contributed by atoms with Gasteiger partial charge < -0.3 is 4.74 Å². The Hall–Kier alpha value is -2.53. The van der Waals surface area contributed by atoms with Crippen LogP contribution in [0.15, 0.2) is 60.7 Å². The highest BCUT2D eigenvalue weighted by Crippen LogP contribution is 2.39. The summed E-state index contributed by atoms with van der Waals surface area (Å²) in [6.45, 7) is 0. The molecule has 0 amide bonds. The lowest BCUT2D eigenvalue weighted by Crippen LogP contribution is -2.25. The Bertz CT molecular complexity index is 980. The minimum atomic E-state index is -3.44. The van der Waals surface area contributed by atoms with Crippen LogP contribution in [0.5, 0.6) is 5.75 Å². The molecule has 3 aromatic carbocycles. The molecule has 110 valence electrons. The highest BCUT2D eigenvalue weighted by molar-refractivity contribution is 7.92. The van der Waals surface area contributed by atoms with Gasteiger partial charge in [0.15, 0.2) is 0 Å². The third kappa shape index (κ3) is 2.19. The molecule has 1 aliphatic heterocycles. The molecule has 0 radical (unpaired) electrons. The van der Waals surface area contributed by atoms with Crippen LogP contribution in [0.25, 0.3) is 21.9 Å². The number of hydrogen-bond donors (Lipinski definition) is 1. The Morgan fingerprint density at radius 3 is 2.59 bits per heavy atom.